The number of carbonyl (C=O) groups is 1. The lowest BCUT2D eigenvalue weighted by Crippen LogP contribution is -2.01. The monoisotopic (exact) mass is 259 g/mol. The average Bonchev–Trinajstić information content (AvgIpc) is 2.88. The zero-order chi connectivity index (χ0) is 13.8. The molecular weight excluding hydrogens is 242 g/mol. The lowest BCUT2D eigenvalue weighted by atomic mass is 10.1. The van der Waals surface area contributed by atoms with Crippen LogP contribution in [0.4, 0.5) is 5.69 Å². The first kappa shape index (κ1) is 13.2. The molecule has 100 valence electrons. The van der Waals surface area contributed by atoms with E-state index in [4.69, 9.17) is 4.42 Å². The van der Waals surface area contributed by atoms with Crippen molar-refractivity contribution in [2.24, 2.45) is 0 Å². The number of aryl methyl sites for hydroxylation is 1. The van der Waals surface area contributed by atoms with Crippen molar-refractivity contribution in [3.8, 4) is 0 Å². The van der Waals surface area contributed by atoms with Crippen molar-refractivity contribution in [3.63, 3.8) is 0 Å². The summed E-state index contributed by atoms with van der Waals surface area (Å²) in [6.07, 6.45) is 1.41. The lowest BCUT2D eigenvalue weighted by Gasteiger charge is -2.09. The highest BCUT2D eigenvalue weighted by molar-refractivity contribution is 5.89. The van der Waals surface area contributed by atoms with Crippen molar-refractivity contribution in [1.29, 1.82) is 0 Å². The fraction of sp³-hybridized carbons (Fsp3) is 0.267. The quantitative estimate of drug-likeness (QED) is 0.856. The molecule has 0 unspecified atom stereocenters. The minimum absolute atomic E-state index is 0.387. The number of esters is 1. The summed E-state index contributed by atoms with van der Waals surface area (Å²) in [7, 11) is 1.35. The van der Waals surface area contributed by atoms with E-state index in [1.54, 1.807) is 6.07 Å². The third kappa shape index (κ3) is 2.96. The molecule has 2 aromatic rings. The van der Waals surface area contributed by atoms with Crippen molar-refractivity contribution in [3.05, 3.63) is 53.0 Å². The van der Waals surface area contributed by atoms with Crippen LogP contribution in [-0.2, 0) is 11.3 Å². The zero-order valence-corrected chi connectivity index (χ0v) is 11.3. The van der Waals surface area contributed by atoms with Crippen LogP contribution in [0.5, 0.6) is 0 Å². The van der Waals surface area contributed by atoms with Crippen LogP contribution in [0.2, 0.25) is 0 Å². The van der Waals surface area contributed by atoms with Gasteiger partial charge in [-0.1, -0.05) is 12.1 Å². The van der Waals surface area contributed by atoms with Gasteiger partial charge in [-0.2, -0.15) is 0 Å². The molecule has 0 spiro atoms. The maximum atomic E-state index is 11.3. The van der Waals surface area contributed by atoms with E-state index in [1.807, 2.05) is 12.1 Å². The van der Waals surface area contributed by atoms with Crippen LogP contribution < -0.4 is 5.32 Å². The number of nitrogens with one attached hydrogen (secondary N) is 1. The summed E-state index contributed by atoms with van der Waals surface area (Å²) < 4.78 is 9.94. The van der Waals surface area contributed by atoms with E-state index >= 15 is 0 Å². The second-order valence-corrected chi connectivity index (χ2v) is 4.39. The minimum atomic E-state index is -0.387. The SMILES string of the molecule is COC(=O)c1coc(CNc2cccc(C)c2C)c1. The van der Waals surface area contributed by atoms with Gasteiger partial charge in [-0.15, -0.1) is 0 Å². The van der Waals surface area contributed by atoms with Crippen molar-refractivity contribution < 1.29 is 13.9 Å². The Hall–Kier alpha value is -2.23. The standard InChI is InChI=1S/C15H17NO3/c1-10-5-4-6-14(11(10)2)16-8-13-7-12(9-19-13)15(17)18-3/h4-7,9,16H,8H2,1-3H3. The van der Waals surface area contributed by atoms with Gasteiger partial charge in [0.15, 0.2) is 0 Å². The fourth-order valence-corrected chi connectivity index (χ4v) is 1.82. The molecule has 1 aromatic heterocycles. The smallest absolute Gasteiger partial charge is 0.341 e. The molecule has 2 rings (SSSR count). The maximum absolute atomic E-state index is 11.3. The Morgan fingerprint density at radius 1 is 1.37 bits per heavy atom. The molecule has 0 aliphatic rings. The Labute approximate surface area is 112 Å². The van der Waals surface area contributed by atoms with E-state index in [2.05, 4.69) is 30.0 Å². The van der Waals surface area contributed by atoms with E-state index in [0.717, 1.165) is 5.69 Å². The van der Waals surface area contributed by atoms with Gasteiger partial charge in [0.2, 0.25) is 0 Å². The molecule has 0 saturated carbocycles. The van der Waals surface area contributed by atoms with Crippen molar-refractivity contribution >= 4 is 11.7 Å². The van der Waals surface area contributed by atoms with Gasteiger partial charge in [0.05, 0.1) is 19.2 Å². The number of hydrogen-bond acceptors (Lipinski definition) is 4. The number of anilines is 1. The number of furan rings is 1. The molecule has 1 heterocycles. The molecule has 0 radical (unpaired) electrons. The van der Waals surface area contributed by atoms with Gasteiger partial charge in [0, 0.05) is 5.69 Å². The number of ether oxygens (including phenoxy) is 1. The largest absolute Gasteiger partial charge is 0.467 e. The van der Waals surface area contributed by atoms with Gasteiger partial charge in [-0.3, -0.25) is 0 Å². The molecule has 0 aliphatic carbocycles. The van der Waals surface area contributed by atoms with Gasteiger partial charge < -0.3 is 14.5 Å². The van der Waals surface area contributed by atoms with E-state index in [9.17, 15) is 4.79 Å². The van der Waals surface area contributed by atoms with Gasteiger partial charge in [0.1, 0.15) is 12.0 Å². The molecule has 4 heteroatoms. The third-order valence-electron chi connectivity index (χ3n) is 3.13. The highest BCUT2D eigenvalue weighted by Crippen LogP contribution is 2.19. The van der Waals surface area contributed by atoms with Gasteiger partial charge in [-0.05, 0) is 37.1 Å². The summed E-state index contributed by atoms with van der Waals surface area (Å²) >= 11 is 0. The highest BCUT2D eigenvalue weighted by Gasteiger charge is 2.10. The summed E-state index contributed by atoms with van der Waals surface area (Å²) in [5.41, 5.74) is 3.94. The van der Waals surface area contributed by atoms with E-state index in [-0.39, 0.29) is 5.97 Å². The molecule has 0 amide bonds. The van der Waals surface area contributed by atoms with Crippen LogP contribution in [-0.4, -0.2) is 13.1 Å². The van der Waals surface area contributed by atoms with Crippen LogP contribution in [0.1, 0.15) is 27.2 Å². The first-order valence-corrected chi connectivity index (χ1v) is 6.07. The molecule has 19 heavy (non-hydrogen) atoms. The third-order valence-corrected chi connectivity index (χ3v) is 3.13. The fourth-order valence-electron chi connectivity index (χ4n) is 1.82. The van der Waals surface area contributed by atoms with E-state index in [0.29, 0.717) is 17.9 Å². The van der Waals surface area contributed by atoms with Gasteiger partial charge in [-0.25, -0.2) is 4.79 Å². The van der Waals surface area contributed by atoms with E-state index < -0.39 is 0 Å². The maximum Gasteiger partial charge on any atom is 0.341 e. The predicted molar refractivity (Wildman–Crippen MR) is 73.3 cm³/mol. The normalized spacial score (nSPS) is 10.3. The number of benzene rings is 1. The van der Waals surface area contributed by atoms with Crippen LogP contribution in [0.15, 0.2) is 34.9 Å². The summed E-state index contributed by atoms with van der Waals surface area (Å²) in [4.78, 5) is 11.3. The minimum Gasteiger partial charge on any atom is -0.467 e. The van der Waals surface area contributed by atoms with Crippen molar-refractivity contribution in [1.82, 2.24) is 0 Å². The van der Waals surface area contributed by atoms with E-state index in [1.165, 1.54) is 24.5 Å². The predicted octanol–water partition coefficient (Wildman–Crippen LogP) is 3.30. The molecule has 0 saturated heterocycles. The molecule has 0 atom stereocenters. The zero-order valence-electron chi connectivity index (χ0n) is 11.3. The highest BCUT2D eigenvalue weighted by atomic mass is 16.5. The molecule has 0 aliphatic heterocycles. The summed E-state index contributed by atoms with van der Waals surface area (Å²) in [6, 6.07) is 7.78. The average molecular weight is 259 g/mol. The Morgan fingerprint density at radius 3 is 2.89 bits per heavy atom. The second kappa shape index (κ2) is 5.61. The number of hydrogen-bond donors (Lipinski definition) is 1. The Bertz CT molecular complexity index is 587. The Kier molecular flexibility index (Phi) is 3.90. The molecule has 1 aromatic carbocycles. The van der Waals surface area contributed by atoms with Crippen LogP contribution in [0, 0.1) is 13.8 Å². The second-order valence-electron chi connectivity index (χ2n) is 4.39. The molecule has 0 fully saturated rings. The molecule has 0 bridgehead atoms. The van der Waals surface area contributed by atoms with Crippen molar-refractivity contribution in [2.75, 3.05) is 12.4 Å². The summed E-state index contributed by atoms with van der Waals surface area (Å²) in [6.45, 7) is 4.67. The molecule has 1 N–H and O–H groups in total. The Morgan fingerprint density at radius 2 is 2.16 bits per heavy atom. The number of carbonyl (C=O) groups excluding carboxylic acids is 1. The topological polar surface area (TPSA) is 51.5 Å². The van der Waals surface area contributed by atoms with Gasteiger partial charge in [0.25, 0.3) is 0 Å². The first-order valence-electron chi connectivity index (χ1n) is 6.07. The van der Waals surface area contributed by atoms with Crippen LogP contribution in [0.25, 0.3) is 0 Å². The Balaban J connectivity index is 2.04. The number of rotatable bonds is 4. The summed E-state index contributed by atoms with van der Waals surface area (Å²) in [5.74, 6) is 0.308. The first-order chi connectivity index (χ1) is 9.11. The van der Waals surface area contributed by atoms with Crippen LogP contribution in [0.3, 0.4) is 0 Å². The lowest BCUT2D eigenvalue weighted by molar-refractivity contribution is 0.0600. The number of methoxy groups -OCH3 is 1. The van der Waals surface area contributed by atoms with Gasteiger partial charge >= 0.3 is 5.97 Å². The van der Waals surface area contributed by atoms with Crippen LogP contribution >= 0.6 is 0 Å². The van der Waals surface area contributed by atoms with Crippen molar-refractivity contribution in [2.45, 2.75) is 20.4 Å². The molecule has 4 nitrogen and oxygen atoms in total. The molecular formula is C15H17NO3. The summed E-state index contributed by atoms with van der Waals surface area (Å²) in [5, 5.41) is 3.29.